The van der Waals surface area contributed by atoms with Gasteiger partial charge >= 0.3 is 0 Å². The zero-order valence-corrected chi connectivity index (χ0v) is 17.1. The number of carbonyl (C=O) groups excluding carboxylic acids is 1. The van der Waals surface area contributed by atoms with E-state index in [9.17, 15) is 22.0 Å². The van der Waals surface area contributed by atoms with Crippen molar-refractivity contribution in [2.75, 3.05) is 18.2 Å². The average Bonchev–Trinajstić information content (AvgIpc) is 3.25. The molecule has 0 radical (unpaired) electrons. The summed E-state index contributed by atoms with van der Waals surface area (Å²) in [6.07, 6.45) is 1.01. The Morgan fingerprint density at radius 3 is 2.43 bits per heavy atom. The minimum absolute atomic E-state index is 0.0233. The van der Waals surface area contributed by atoms with Crippen LogP contribution in [0.25, 0.3) is 5.57 Å². The molecule has 1 aromatic carbocycles. The third kappa shape index (κ3) is 5.31. The van der Waals surface area contributed by atoms with Crippen LogP contribution in [0, 0.1) is 5.92 Å². The molecule has 1 unspecified atom stereocenters. The number of amides is 1. The SMILES string of the molecule is CS(=O)(=O)c1ccc(C(=CC2C[C@@H](F)[C@@H](F)C2)C(=O)Nc2ccn(CCO)n2)cc1. The minimum Gasteiger partial charge on any atom is -0.394 e. The second-order valence-electron chi connectivity index (χ2n) is 7.28. The summed E-state index contributed by atoms with van der Waals surface area (Å²) in [6.45, 7) is 0.159. The number of aliphatic hydroxyl groups is 1. The molecule has 1 aliphatic rings. The molecule has 1 amide bonds. The quantitative estimate of drug-likeness (QED) is 0.645. The van der Waals surface area contributed by atoms with Gasteiger partial charge in [0.2, 0.25) is 0 Å². The molecule has 30 heavy (non-hydrogen) atoms. The van der Waals surface area contributed by atoms with Gasteiger partial charge in [0.25, 0.3) is 5.91 Å². The van der Waals surface area contributed by atoms with Crippen molar-refractivity contribution in [2.24, 2.45) is 5.92 Å². The maximum atomic E-state index is 13.6. The molecule has 2 aromatic rings. The lowest BCUT2D eigenvalue weighted by molar-refractivity contribution is -0.111. The number of rotatable bonds is 7. The van der Waals surface area contributed by atoms with Gasteiger partial charge in [-0.3, -0.25) is 9.48 Å². The van der Waals surface area contributed by atoms with Crippen LogP contribution in [0.15, 0.2) is 47.5 Å². The Labute approximate surface area is 173 Å². The van der Waals surface area contributed by atoms with Crippen molar-refractivity contribution in [2.45, 2.75) is 36.6 Å². The highest BCUT2D eigenvalue weighted by molar-refractivity contribution is 7.90. The van der Waals surface area contributed by atoms with Crippen molar-refractivity contribution in [3.8, 4) is 0 Å². The van der Waals surface area contributed by atoms with Gasteiger partial charge in [0.1, 0.15) is 12.3 Å². The monoisotopic (exact) mass is 439 g/mol. The first-order valence-corrected chi connectivity index (χ1v) is 11.3. The molecule has 1 heterocycles. The molecule has 1 aromatic heterocycles. The fourth-order valence-corrected chi connectivity index (χ4v) is 4.00. The summed E-state index contributed by atoms with van der Waals surface area (Å²) in [5.74, 6) is -0.739. The lowest BCUT2D eigenvalue weighted by atomic mass is 9.98. The molecular weight excluding hydrogens is 416 g/mol. The summed E-state index contributed by atoms with van der Waals surface area (Å²) < 4.78 is 52.1. The molecule has 1 aliphatic carbocycles. The Morgan fingerprint density at radius 2 is 1.87 bits per heavy atom. The van der Waals surface area contributed by atoms with Gasteiger partial charge in [0.05, 0.1) is 18.0 Å². The van der Waals surface area contributed by atoms with Crippen LogP contribution in [0.5, 0.6) is 0 Å². The van der Waals surface area contributed by atoms with E-state index < -0.39 is 34.0 Å². The van der Waals surface area contributed by atoms with E-state index in [0.29, 0.717) is 5.56 Å². The maximum Gasteiger partial charge on any atom is 0.257 e. The summed E-state index contributed by atoms with van der Waals surface area (Å²) >= 11 is 0. The first-order chi connectivity index (χ1) is 14.2. The van der Waals surface area contributed by atoms with Crippen LogP contribution >= 0.6 is 0 Å². The molecule has 1 fully saturated rings. The minimum atomic E-state index is -3.41. The smallest absolute Gasteiger partial charge is 0.257 e. The van der Waals surface area contributed by atoms with E-state index in [4.69, 9.17) is 5.11 Å². The Hall–Kier alpha value is -2.59. The number of sulfone groups is 1. The lowest BCUT2D eigenvalue weighted by Gasteiger charge is -2.11. The summed E-state index contributed by atoms with van der Waals surface area (Å²) in [5, 5.41) is 15.7. The van der Waals surface area contributed by atoms with E-state index >= 15 is 0 Å². The summed E-state index contributed by atoms with van der Waals surface area (Å²) in [4.78, 5) is 13.0. The number of allylic oxidation sites excluding steroid dienone is 1. The summed E-state index contributed by atoms with van der Waals surface area (Å²) in [7, 11) is -3.41. The molecule has 0 saturated heterocycles. The molecule has 3 rings (SSSR count). The molecule has 10 heteroatoms. The largest absolute Gasteiger partial charge is 0.394 e. The van der Waals surface area contributed by atoms with E-state index in [0.717, 1.165) is 6.26 Å². The number of nitrogens with zero attached hydrogens (tertiary/aromatic N) is 2. The number of anilines is 1. The van der Waals surface area contributed by atoms with Gasteiger partial charge in [-0.15, -0.1) is 0 Å². The zero-order valence-electron chi connectivity index (χ0n) is 16.3. The van der Waals surface area contributed by atoms with Crippen LogP contribution in [0.2, 0.25) is 0 Å². The van der Waals surface area contributed by atoms with E-state index in [1.54, 1.807) is 12.3 Å². The van der Waals surface area contributed by atoms with Crippen LogP contribution in [0.4, 0.5) is 14.6 Å². The molecule has 0 spiro atoms. The molecule has 162 valence electrons. The number of halogens is 2. The topological polar surface area (TPSA) is 101 Å². The molecule has 0 aliphatic heterocycles. The van der Waals surface area contributed by atoms with Crippen LogP contribution in [-0.2, 0) is 21.2 Å². The zero-order chi connectivity index (χ0) is 21.9. The van der Waals surface area contributed by atoms with Crippen molar-refractivity contribution in [1.29, 1.82) is 0 Å². The predicted octanol–water partition coefficient (Wildman–Crippen LogP) is 2.39. The number of aliphatic hydroxyl groups excluding tert-OH is 1. The normalized spacial score (nSPS) is 22.3. The van der Waals surface area contributed by atoms with Crippen LogP contribution in [0.3, 0.4) is 0 Å². The van der Waals surface area contributed by atoms with Gasteiger partial charge in [-0.05, 0) is 36.5 Å². The van der Waals surface area contributed by atoms with Crippen molar-refractivity contribution in [3.05, 3.63) is 48.2 Å². The van der Waals surface area contributed by atoms with Crippen molar-refractivity contribution in [3.63, 3.8) is 0 Å². The molecule has 3 atom stereocenters. The third-order valence-corrected chi connectivity index (χ3v) is 6.03. The first kappa shape index (κ1) is 22.1. The fourth-order valence-electron chi connectivity index (χ4n) is 3.37. The molecule has 7 nitrogen and oxygen atoms in total. The third-order valence-electron chi connectivity index (χ3n) is 4.90. The first-order valence-electron chi connectivity index (χ1n) is 9.43. The van der Waals surface area contributed by atoms with Gasteiger partial charge in [-0.2, -0.15) is 5.10 Å². The lowest BCUT2D eigenvalue weighted by Crippen LogP contribution is -2.16. The maximum absolute atomic E-state index is 13.6. The number of hydrogen-bond donors (Lipinski definition) is 2. The number of carbonyl (C=O) groups is 1. The number of aromatic nitrogens is 2. The average molecular weight is 439 g/mol. The number of nitrogens with one attached hydrogen (secondary N) is 1. The molecule has 0 bridgehead atoms. The fraction of sp³-hybridized carbons (Fsp3) is 0.400. The van der Waals surface area contributed by atoms with Gasteiger partial charge in [0, 0.05) is 24.1 Å². The Balaban J connectivity index is 1.89. The van der Waals surface area contributed by atoms with E-state index in [-0.39, 0.29) is 42.3 Å². The van der Waals surface area contributed by atoms with E-state index in [2.05, 4.69) is 10.4 Å². The Kier molecular flexibility index (Phi) is 6.67. The van der Waals surface area contributed by atoms with Gasteiger partial charge in [-0.1, -0.05) is 18.2 Å². The van der Waals surface area contributed by atoms with Gasteiger partial charge in [0.15, 0.2) is 15.7 Å². The highest BCUT2D eigenvalue weighted by Gasteiger charge is 2.34. The standard InChI is InChI=1S/C20H23F2N3O4S/c1-30(28,29)15-4-2-14(3-5-15)16(10-13-11-17(21)18(22)12-13)20(27)23-19-6-7-25(24-19)8-9-26/h2-7,10,13,17-18,26H,8-9,11-12H2,1H3,(H,23,24,27)/t13?,17-,18+. The summed E-state index contributed by atoms with van der Waals surface area (Å²) in [6, 6.07) is 7.29. The second-order valence-corrected chi connectivity index (χ2v) is 9.30. The Morgan fingerprint density at radius 1 is 1.23 bits per heavy atom. The highest BCUT2D eigenvalue weighted by Crippen LogP contribution is 2.34. The number of hydrogen-bond acceptors (Lipinski definition) is 5. The predicted molar refractivity (Wildman–Crippen MR) is 108 cm³/mol. The number of alkyl halides is 2. The number of benzene rings is 1. The second kappa shape index (κ2) is 9.05. The van der Waals surface area contributed by atoms with Crippen LogP contribution in [-0.4, -0.2) is 54.4 Å². The van der Waals surface area contributed by atoms with Crippen molar-refractivity contribution < 1.29 is 27.1 Å². The summed E-state index contributed by atoms with van der Waals surface area (Å²) in [5.41, 5.74) is 0.602. The Bertz CT molecular complexity index is 1020. The molecular formula is C20H23F2N3O4S. The van der Waals surface area contributed by atoms with E-state index in [1.165, 1.54) is 35.0 Å². The van der Waals surface area contributed by atoms with Crippen LogP contribution in [0.1, 0.15) is 18.4 Å². The van der Waals surface area contributed by atoms with Crippen molar-refractivity contribution >= 4 is 27.1 Å². The highest BCUT2D eigenvalue weighted by atomic mass is 32.2. The van der Waals surface area contributed by atoms with E-state index in [1.807, 2.05) is 0 Å². The molecule has 2 N–H and O–H groups in total. The van der Waals surface area contributed by atoms with Crippen LogP contribution < -0.4 is 5.32 Å². The van der Waals surface area contributed by atoms with Crippen molar-refractivity contribution in [1.82, 2.24) is 9.78 Å². The van der Waals surface area contributed by atoms with Gasteiger partial charge in [-0.25, -0.2) is 17.2 Å². The molecule has 1 saturated carbocycles. The van der Waals surface area contributed by atoms with Gasteiger partial charge < -0.3 is 10.4 Å².